The number of methoxy groups -OCH3 is 2. The summed E-state index contributed by atoms with van der Waals surface area (Å²) in [6.07, 6.45) is 0. The zero-order valence-corrected chi connectivity index (χ0v) is 17.4. The van der Waals surface area contributed by atoms with E-state index in [2.05, 4.69) is 26.6 Å². The van der Waals surface area contributed by atoms with Gasteiger partial charge in [0.05, 0.1) is 33.7 Å². The predicted molar refractivity (Wildman–Crippen MR) is 107 cm³/mol. The van der Waals surface area contributed by atoms with E-state index in [4.69, 9.17) is 32.7 Å². The molecule has 148 valence electrons. The number of imide groups is 1. The van der Waals surface area contributed by atoms with Crippen LogP contribution in [0.25, 0.3) is 0 Å². The Balaban J connectivity index is 2.35. The van der Waals surface area contributed by atoms with Crippen LogP contribution in [0.4, 0.5) is 16.2 Å². The van der Waals surface area contributed by atoms with Gasteiger partial charge in [0.2, 0.25) is 5.75 Å². The van der Waals surface area contributed by atoms with Gasteiger partial charge in [0.25, 0.3) is 5.91 Å². The number of ether oxygens (including phenoxy) is 2. The lowest BCUT2D eigenvalue weighted by molar-refractivity contribution is -0.385. The monoisotopic (exact) mass is 491 g/mol. The first-order chi connectivity index (χ1) is 13.2. The number of nitrogens with one attached hydrogen (secondary N) is 2. The maximum absolute atomic E-state index is 12.6. The first kappa shape index (κ1) is 21.7. The standard InChI is InChI=1S/C16H12BrCl2N3O6/c1-27-13-8(17)6-11(22(25)26)14(28-2)12(13)15(23)21-16(24)20-7-3-4-9(18)10(19)5-7/h3-6H,1-2H3,(H2,20,21,23,24). The molecule has 0 aromatic heterocycles. The van der Waals surface area contributed by atoms with Gasteiger partial charge in [-0.2, -0.15) is 0 Å². The Kier molecular flexibility index (Phi) is 7.05. The zero-order valence-electron chi connectivity index (χ0n) is 14.3. The summed E-state index contributed by atoms with van der Waals surface area (Å²) in [5.41, 5.74) is -0.528. The molecule has 2 aromatic rings. The first-order valence-electron chi connectivity index (χ1n) is 7.35. The van der Waals surface area contributed by atoms with E-state index in [1.165, 1.54) is 25.3 Å². The molecule has 12 heteroatoms. The Labute approximate surface area is 177 Å². The fourth-order valence-electron chi connectivity index (χ4n) is 2.25. The topological polar surface area (TPSA) is 120 Å². The molecule has 0 saturated carbocycles. The molecule has 28 heavy (non-hydrogen) atoms. The lowest BCUT2D eigenvalue weighted by Crippen LogP contribution is -2.35. The second kappa shape index (κ2) is 9.09. The summed E-state index contributed by atoms with van der Waals surface area (Å²) >= 11 is 14.8. The highest BCUT2D eigenvalue weighted by Gasteiger charge is 2.30. The van der Waals surface area contributed by atoms with Crippen molar-refractivity contribution in [1.29, 1.82) is 0 Å². The molecule has 0 aliphatic heterocycles. The highest BCUT2D eigenvalue weighted by Crippen LogP contribution is 2.42. The third-order valence-electron chi connectivity index (χ3n) is 3.40. The SMILES string of the molecule is COc1c(Br)cc([N+](=O)[O-])c(OC)c1C(=O)NC(=O)Nc1ccc(Cl)c(Cl)c1. The highest BCUT2D eigenvalue weighted by molar-refractivity contribution is 9.10. The van der Waals surface area contributed by atoms with Crippen LogP contribution in [0, 0.1) is 10.1 Å². The van der Waals surface area contributed by atoms with Crippen LogP contribution in [0.2, 0.25) is 10.0 Å². The van der Waals surface area contributed by atoms with Crippen LogP contribution < -0.4 is 20.1 Å². The number of hydrogen-bond donors (Lipinski definition) is 2. The van der Waals surface area contributed by atoms with Gasteiger partial charge < -0.3 is 14.8 Å². The zero-order chi connectivity index (χ0) is 21.0. The van der Waals surface area contributed by atoms with Gasteiger partial charge in [0.15, 0.2) is 0 Å². The summed E-state index contributed by atoms with van der Waals surface area (Å²) in [5.74, 6) is -1.37. The average Bonchev–Trinajstić information content (AvgIpc) is 2.63. The summed E-state index contributed by atoms with van der Waals surface area (Å²) in [5, 5.41) is 16.2. The molecular weight excluding hydrogens is 481 g/mol. The lowest BCUT2D eigenvalue weighted by Gasteiger charge is -2.14. The molecule has 0 aliphatic rings. The van der Waals surface area contributed by atoms with Crippen LogP contribution in [0.3, 0.4) is 0 Å². The van der Waals surface area contributed by atoms with E-state index < -0.39 is 22.5 Å². The van der Waals surface area contributed by atoms with E-state index in [1.54, 1.807) is 0 Å². The van der Waals surface area contributed by atoms with Crippen molar-refractivity contribution < 1.29 is 24.0 Å². The van der Waals surface area contributed by atoms with Crippen molar-refractivity contribution in [3.8, 4) is 11.5 Å². The number of carbonyl (C=O) groups excluding carboxylic acids is 2. The molecule has 2 N–H and O–H groups in total. The molecule has 0 atom stereocenters. The van der Waals surface area contributed by atoms with E-state index in [9.17, 15) is 19.7 Å². The number of urea groups is 1. The van der Waals surface area contributed by atoms with Gasteiger partial charge in [0.1, 0.15) is 11.3 Å². The van der Waals surface area contributed by atoms with Crippen LogP contribution in [0.1, 0.15) is 10.4 Å². The molecule has 0 spiro atoms. The molecule has 2 rings (SSSR count). The molecule has 0 saturated heterocycles. The van der Waals surface area contributed by atoms with E-state index in [0.717, 1.165) is 13.2 Å². The molecule has 0 heterocycles. The molecular formula is C16H12BrCl2N3O6. The van der Waals surface area contributed by atoms with Crippen molar-refractivity contribution in [3.05, 3.63) is 54.5 Å². The summed E-state index contributed by atoms with van der Waals surface area (Å²) in [6.45, 7) is 0. The third-order valence-corrected chi connectivity index (χ3v) is 4.73. The number of halogens is 3. The molecule has 0 radical (unpaired) electrons. The fourth-order valence-corrected chi connectivity index (χ4v) is 3.13. The predicted octanol–water partition coefficient (Wildman–Crippen LogP) is 4.64. The summed E-state index contributed by atoms with van der Waals surface area (Å²) in [6, 6.07) is 4.55. The van der Waals surface area contributed by atoms with E-state index in [1.807, 2.05) is 0 Å². The number of nitro groups is 1. The molecule has 3 amide bonds. The Morgan fingerprint density at radius 3 is 2.29 bits per heavy atom. The summed E-state index contributed by atoms with van der Waals surface area (Å²) in [7, 11) is 2.42. The summed E-state index contributed by atoms with van der Waals surface area (Å²) < 4.78 is 10.3. The van der Waals surface area contributed by atoms with Crippen molar-refractivity contribution >= 4 is 62.4 Å². The molecule has 9 nitrogen and oxygen atoms in total. The first-order valence-corrected chi connectivity index (χ1v) is 8.90. The minimum atomic E-state index is -0.976. The second-order valence-corrected chi connectivity index (χ2v) is 6.78. The normalized spacial score (nSPS) is 10.2. The average molecular weight is 493 g/mol. The van der Waals surface area contributed by atoms with Crippen molar-refractivity contribution in [2.75, 3.05) is 19.5 Å². The lowest BCUT2D eigenvalue weighted by atomic mass is 10.1. The smallest absolute Gasteiger partial charge is 0.326 e. The van der Waals surface area contributed by atoms with Crippen molar-refractivity contribution in [2.24, 2.45) is 0 Å². The molecule has 0 fully saturated rings. The maximum Gasteiger partial charge on any atom is 0.326 e. The highest BCUT2D eigenvalue weighted by atomic mass is 79.9. The van der Waals surface area contributed by atoms with Gasteiger partial charge in [-0.3, -0.25) is 20.2 Å². The van der Waals surface area contributed by atoms with Crippen molar-refractivity contribution in [2.45, 2.75) is 0 Å². The quantitative estimate of drug-likeness (QED) is 0.463. The van der Waals surface area contributed by atoms with E-state index in [-0.39, 0.29) is 32.2 Å². The van der Waals surface area contributed by atoms with Crippen LogP contribution in [-0.4, -0.2) is 31.1 Å². The number of benzene rings is 2. The van der Waals surface area contributed by atoms with E-state index in [0.29, 0.717) is 5.02 Å². The van der Waals surface area contributed by atoms with Gasteiger partial charge >= 0.3 is 11.7 Å². The van der Waals surface area contributed by atoms with Crippen LogP contribution >= 0.6 is 39.1 Å². The molecule has 2 aromatic carbocycles. The van der Waals surface area contributed by atoms with Gasteiger partial charge in [-0.05, 0) is 34.1 Å². The number of rotatable bonds is 5. The number of carbonyl (C=O) groups is 2. The minimum Gasteiger partial charge on any atom is -0.495 e. The molecule has 0 aliphatic carbocycles. The minimum absolute atomic E-state index is 0.0395. The Morgan fingerprint density at radius 1 is 1.11 bits per heavy atom. The fraction of sp³-hybridized carbons (Fsp3) is 0.125. The number of nitro benzene ring substituents is 1. The van der Waals surface area contributed by atoms with Gasteiger partial charge in [0, 0.05) is 11.8 Å². The number of amides is 3. The third kappa shape index (κ3) is 4.64. The summed E-state index contributed by atoms with van der Waals surface area (Å²) in [4.78, 5) is 35.3. The largest absolute Gasteiger partial charge is 0.495 e. The molecule has 0 unspecified atom stereocenters. The number of anilines is 1. The number of nitrogens with zero attached hydrogens (tertiary/aromatic N) is 1. The Morgan fingerprint density at radius 2 is 1.75 bits per heavy atom. The van der Waals surface area contributed by atoms with E-state index >= 15 is 0 Å². The van der Waals surface area contributed by atoms with Crippen LogP contribution in [0.5, 0.6) is 11.5 Å². The number of hydrogen-bond acceptors (Lipinski definition) is 6. The maximum atomic E-state index is 12.6. The van der Waals surface area contributed by atoms with Crippen LogP contribution in [0.15, 0.2) is 28.7 Å². The van der Waals surface area contributed by atoms with Gasteiger partial charge in [-0.15, -0.1) is 0 Å². The van der Waals surface area contributed by atoms with Crippen molar-refractivity contribution in [3.63, 3.8) is 0 Å². The molecule has 0 bridgehead atoms. The Bertz CT molecular complexity index is 970. The van der Waals surface area contributed by atoms with Gasteiger partial charge in [-0.1, -0.05) is 23.2 Å². The van der Waals surface area contributed by atoms with Crippen molar-refractivity contribution in [1.82, 2.24) is 5.32 Å². The van der Waals surface area contributed by atoms with Gasteiger partial charge in [-0.25, -0.2) is 4.79 Å². The second-order valence-electron chi connectivity index (χ2n) is 5.11. The van der Waals surface area contributed by atoms with Crippen LogP contribution in [-0.2, 0) is 0 Å². The Hall–Kier alpha value is -2.56.